The van der Waals surface area contributed by atoms with Crippen molar-refractivity contribution >= 4 is 21.8 Å². The number of sulfonamides is 1. The monoisotopic (exact) mass is 615 g/mol. The van der Waals surface area contributed by atoms with Crippen LogP contribution in [0.2, 0.25) is 0 Å². The van der Waals surface area contributed by atoms with Gasteiger partial charge in [0.2, 0.25) is 15.9 Å². The zero-order chi connectivity index (χ0) is 31.6. The number of ether oxygens (including phenoxy) is 2. The Morgan fingerprint density at radius 2 is 1.72 bits per heavy atom. The number of fused-ring (bicyclic) bond motifs is 1. The lowest BCUT2D eigenvalue weighted by Gasteiger charge is -2.37. The average molecular weight is 616 g/mol. The number of likely N-dealkylation sites (N-methyl/N-ethyl adjacent to an activating group) is 1. The molecule has 1 heterocycles. The molecule has 13 heteroatoms. The van der Waals surface area contributed by atoms with Gasteiger partial charge in [0.15, 0.2) is 11.5 Å². The summed E-state index contributed by atoms with van der Waals surface area (Å²) in [6, 6.07) is 14.3. The van der Waals surface area contributed by atoms with Crippen molar-refractivity contribution in [1.29, 1.82) is 5.26 Å². The number of carbonyl (C=O) groups is 2. The van der Waals surface area contributed by atoms with Crippen molar-refractivity contribution in [2.45, 2.75) is 50.2 Å². The molecule has 1 aliphatic heterocycles. The SMILES string of the molecule is CC(C)CN(C[C@@H](O)[C@H](Cc1ccccc1)N(NC(=O)CN(C)C)C(=O)CCC#N)S(=O)(=O)c1ccc2c(c1)OCCO2. The van der Waals surface area contributed by atoms with E-state index in [0.717, 1.165) is 10.6 Å². The number of carbonyl (C=O) groups excluding carboxylic acids is 2. The summed E-state index contributed by atoms with van der Waals surface area (Å²) in [5.74, 6) is -0.400. The van der Waals surface area contributed by atoms with E-state index >= 15 is 0 Å². The van der Waals surface area contributed by atoms with Gasteiger partial charge in [-0.15, -0.1) is 0 Å². The quantitative estimate of drug-likeness (QED) is 0.303. The lowest BCUT2D eigenvalue weighted by Crippen LogP contribution is -2.60. The number of hydrazine groups is 1. The molecule has 12 nitrogen and oxygen atoms in total. The maximum absolute atomic E-state index is 13.9. The molecule has 2 N–H and O–H groups in total. The third-order valence-electron chi connectivity index (χ3n) is 6.60. The van der Waals surface area contributed by atoms with Crippen LogP contribution < -0.4 is 14.9 Å². The molecule has 1 aliphatic rings. The van der Waals surface area contributed by atoms with Crippen molar-refractivity contribution in [2.75, 3.05) is 46.9 Å². The van der Waals surface area contributed by atoms with Crippen LogP contribution in [0.4, 0.5) is 0 Å². The Bertz CT molecular complexity index is 1380. The molecule has 2 aromatic carbocycles. The number of benzene rings is 2. The van der Waals surface area contributed by atoms with E-state index in [9.17, 15) is 23.1 Å². The van der Waals surface area contributed by atoms with Crippen LogP contribution in [0, 0.1) is 17.2 Å². The van der Waals surface area contributed by atoms with E-state index in [0.29, 0.717) is 24.7 Å². The fourth-order valence-corrected chi connectivity index (χ4v) is 6.30. The van der Waals surface area contributed by atoms with Gasteiger partial charge in [-0.2, -0.15) is 9.57 Å². The Labute approximate surface area is 253 Å². The molecule has 234 valence electrons. The van der Waals surface area contributed by atoms with Crippen LogP contribution in [-0.2, 0) is 26.0 Å². The first-order valence-corrected chi connectivity index (χ1v) is 15.6. The fraction of sp³-hybridized carbons (Fsp3) is 0.500. The van der Waals surface area contributed by atoms with E-state index in [-0.39, 0.29) is 49.7 Å². The molecule has 0 unspecified atom stereocenters. The fourth-order valence-electron chi connectivity index (χ4n) is 4.67. The molecule has 0 aromatic heterocycles. The van der Waals surface area contributed by atoms with Crippen LogP contribution in [0.3, 0.4) is 0 Å². The normalized spacial score (nSPS) is 14.3. The molecule has 3 rings (SSSR count). The maximum atomic E-state index is 13.9. The number of nitrogens with one attached hydrogen (secondary N) is 1. The van der Waals surface area contributed by atoms with Crippen molar-refractivity contribution in [2.24, 2.45) is 5.92 Å². The molecule has 2 amide bonds. The highest BCUT2D eigenvalue weighted by Crippen LogP contribution is 2.33. The van der Waals surface area contributed by atoms with Gasteiger partial charge in [0.1, 0.15) is 13.2 Å². The molecule has 0 aliphatic carbocycles. The Kier molecular flexibility index (Phi) is 12.3. The predicted molar refractivity (Wildman–Crippen MR) is 159 cm³/mol. The first-order chi connectivity index (χ1) is 20.4. The Morgan fingerprint density at radius 3 is 2.35 bits per heavy atom. The molecule has 0 bridgehead atoms. The number of nitriles is 1. The van der Waals surface area contributed by atoms with Gasteiger partial charge in [-0.25, -0.2) is 13.4 Å². The number of rotatable bonds is 14. The Morgan fingerprint density at radius 1 is 1.05 bits per heavy atom. The van der Waals surface area contributed by atoms with E-state index < -0.39 is 34.0 Å². The second-order valence-electron chi connectivity index (χ2n) is 11.0. The van der Waals surface area contributed by atoms with Crippen LogP contribution in [0.5, 0.6) is 11.5 Å². The predicted octanol–water partition coefficient (Wildman–Crippen LogP) is 1.80. The van der Waals surface area contributed by atoms with Gasteiger partial charge in [0.05, 0.1) is 29.7 Å². The molecular formula is C30H41N5O7S. The lowest BCUT2D eigenvalue weighted by molar-refractivity contribution is -0.148. The number of aliphatic hydroxyl groups is 1. The van der Waals surface area contributed by atoms with Gasteiger partial charge in [-0.1, -0.05) is 44.2 Å². The molecule has 0 fully saturated rings. The molecule has 0 saturated heterocycles. The van der Waals surface area contributed by atoms with Crippen LogP contribution in [0.25, 0.3) is 0 Å². The zero-order valence-electron chi connectivity index (χ0n) is 25.1. The first-order valence-electron chi connectivity index (χ1n) is 14.2. The van der Waals surface area contributed by atoms with Gasteiger partial charge in [0.25, 0.3) is 5.91 Å². The third kappa shape index (κ3) is 9.65. The van der Waals surface area contributed by atoms with Crippen molar-refractivity contribution in [3.63, 3.8) is 0 Å². The Balaban J connectivity index is 2.00. The zero-order valence-corrected chi connectivity index (χ0v) is 25.9. The second kappa shape index (κ2) is 15.7. The van der Waals surface area contributed by atoms with E-state index in [1.165, 1.54) is 16.4 Å². The summed E-state index contributed by atoms with van der Waals surface area (Å²) in [7, 11) is -0.736. The maximum Gasteiger partial charge on any atom is 0.252 e. The molecule has 0 spiro atoms. The summed E-state index contributed by atoms with van der Waals surface area (Å²) in [6.07, 6.45) is -1.59. The van der Waals surface area contributed by atoms with Gasteiger partial charge in [-0.3, -0.25) is 15.0 Å². The molecular weight excluding hydrogens is 574 g/mol. The van der Waals surface area contributed by atoms with Crippen LogP contribution in [-0.4, -0.2) is 98.6 Å². The summed E-state index contributed by atoms with van der Waals surface area (Å²) < 4.78 is 40.2. The van der Waals surface area contributed by atoms with E-state index in [2.05, 4.69) is 5.43 Å². The molecule has 43 heavy (non-hydrogen) atoms. The summed E-state index contributed by atoms with van der Waals surface area (Å²) in [5.41, 5.74) is 3.37. The standard InChI is InChI=1S/C30H41N5O7S/c1-22(2)19-34(43(39,40)24-12-13-27-28(18-24)42-16-15-41-27)20-26(36)25(17-23-9-6-5-7-10-23)35(30(38)11-8-14-31)32-29(37)21-33(3)4/h5-7,9-10,12-13,18,22,25-26,36H,8,11,15-17,19-21H2,1-4H3,(H,32,37)/t25-,26+/m0/s1. The highest BCUT2D eigenvalue weighted by atomic mass is 32.2. The molecule has 2 aromatic rings. The highest BCUT2D eigenvalue weighted by Gasteiger charge is 2.36. The van der Waals surface area contributed by atoms with Crippen LogP contribution in [0.1, 0.15) is 32.3 Å². The largest absolute Gasteiger partial charge is 0.486 e. The van der Waals surface area contributed by atoms with Crippen LogP contribution >= 0.6 is 0 Å². The molecule has 2 atom stereocenters. The number of aliphatic hydroxyl groups excluding tert-OH is 1. The minimum absolute atomic E-state index is 0.0227. The van der Waals surface area contributed by atoms with Gasteiger partial charge in [-0.05, 0) is 44.1 Å². The van der Waals surface area contributed by atoms with E-state index in [4.69, 9.17) is 14.7 Å². The third-order valence-corrected chi connectivity index (χ3v) is 8.43. The van der Waals surface area contributed by atoms with Crippen molar-refractivity contribution < 1.29 is 32.6 Å². The number of hydrogen-bond donors (Lipinski definition) is 2. The van der Waals surface area contributed by atoms with Crippen molar-refractivity contribution in [3.8, 4) is 17.6 Å². The van der Waals surface area contributed by atoms with Gasteiger partial charge < -0.3 is 19.5 Å². The number of hydrogen-bond acceptors (Lipinski definition) is 9. The molecule has 0 radical (unpaired) electrons. The smallest absolute Gasteiger partial charge is 0.252 e. The summed E-state index contributed by atoms with van der Waals surface area (Å²) in [4.78, 5) is 27.8. The summed E-state index contributed by atoms with van der Waals surface area (Å²) in [5, 5.41) is 21.9. The van der Waals surface area contributed by atoms with Gasteiger partial charge in [0, 0.05) is 32.0 Å². The van der Waals surface area contributed by atoms with E-state index in [1.54, 1.807) is 25.1 Å². The first kappa shape index (κ1) is 33.8. The van der Waals surface area contributed by atoms with Crippen molar-refractivity contribution in [1.82, 2.24) is 19.6 Å². The van der Waals surface area contributed by atoms with Gasteiger partial charge >= 0.3 is 0 Å². The minimum Gasteiger partial charge on any atom is -0.486 e. The number of amides is 2. The lowest BCUT2D eigenvalue weighted by atomic mass is 9.99. The highest BCUT2D eigenvalue weighted by molar-refractivity contribution is 7.89. The number of nitrogens with zero attached hydrogens (tertiary/aromatic N) is 4. The van der Waals surface area contributed by atoms with E-state index in [1.807, 2.05) is 50.2 Å². The Hall–Kier alpha value is -3.70. The summed E-state index contributed by atoms with van der Waals surface area (Å²) >= 11 is 0. The summed E-state index contributed by atoms with van der Waals surface area (Å²) in [6.45, 7) is 4.07. The van der Waals surface area contributed by atoms with Crippen molar-refractivity contribution in [3.05, 3.63) is 54.1 Å². The van der Waals surface area contributed by atoms with Crippen LogP contribution in [0.15, 0.2) is 53.4 Å². The average Bonchev–Trinajstić information content (AvgIpc) is 2.96. The molecule has 0 saturated carbocycles. The minimum atomic E-state index is -4.13. The topological polar surface area (TPSA) is 153 Å². The second-order valence-corrected chi connectivity index (χ2v) is 13.0.